The lowest BCUT2D eigenvalue weighted by Crippen LogP contribution is -2.16. The molecular formula is C23H27N5O2. The van der Waals surface area contributed by atoms with Gasteiger partial charge in [0.25, 0.3) is 0 Å². The zero-order valence-corrected chi connectivity index (χ0v) is 17.3. The van der Waals surface area contributed by atoms with Gasteiger partial charge in [0.05, 0.1) is 18.2 Å². The van der Waals surface area contributed by atoms with Gasteiger partial charge >= 0.3 is 5.97 Å². The third-order valence-corrected chi connectivity index (χ3v) is 5.64. The minimum atomic E-state index is -0.879. The molecule has 156 valence electrons. The molecule has 0 unspecified atom stereocenters. The Morgan fingerprint density at radius 2 is 1.87 bits per heavy atom. The van der Waals surface area contributed by atoms with E-state index in [1.807, 2.05) is 12.3 Å². The largest absolute Gasteiger partial charge is 0.481 e. The number of hydrogen-bond acceptors (Lipinski definition) is 5. The van der Waals surface area contributed by atoms with E-state index in [9.17, 15) is 9.90 Å². The van der Waals surface area contributed by atoms with Crippen LogP contribution in [-0.4, -0.2) is 35.8 Å². The fourth-order valence-corrected chi connectivity index (χ4v) is 4.01. The number of pyridine rings is 1. The number of aryl methyl sites for hydroxylation is 5. The maximum atomic E-state index is 11.4. The van der Waals surface area contributed by atoms with Gasteiger partial charge in [-0.3, -0.25) is 14.5 Å². The lowest BCUT2D eigenvalue weighted by Gasteiger charge is -2.15. The van der Waals surface area contributed by atoms with E-state index < -0.39 is 12.0 Å². The number of hydrogen-bond donors (Lipinski definition) is 1. The molecule has 0 saturated carbocycles. The molecule has 1 N–H and O–H groups in total. The first-order chi connectivity index (χ1) is 14.6. The highest BCUT2D eigenvalue weighted by atomic mass is 16.4. The molecule has 7 heteroatoms. The van der Waals surface area contributed by atoms with Gasteiger partial charge in [0.2, 0.25) is 0 Å². The van der Waals surface area contributed by atoms with Gasteiger partial charge in [0, 0.05) is 35.5 Å². The highest BCUT2D eigenvalue weighted by molar-refractivity contribution is 5.68. The van der Waals surface area contributed by atoms with Crippen molar-refractivity contribution in [2.75, 3.05) is 0 Å². The first kappa shape index (κ1) is 20.2. The lowest BCUT2D eigenvalue weighted by molar-refractivity contribution is -0.137. The summed E-state index contributed by atoms with van der Waals surface area (Å²) in [5, 5.41) is 14.0. The van der Waals surface area contributed by atoms with E-state index in [1.165, 1.54) is 24.1 Å². The Hall–Kier alpha value is -3.09. The van der Waals surface area contributed by atoms with Gasteiger partial charge < -0.3 is 5.11 Å². The second-order valence-electron chi connectivity index (χ2n) is 7.93. The fourth-order valence-electron chi connectivity index (χ4n) is 4.01. The standard InChI is InChI=1S/C23H27N5O2/c1-16-24-14-18(15-25-16)22(13-23(29)30)28-12-11-20(27-28)7-4-6-19-10-9-17-5-2-3-8-21(17)26-19/h9-12,14-15,22H,2-8,13H2,1H3,(H,29,30)/t22-/m0/s1. The van der Waals surface area contributed by atoms with E-state index in [1.54, 1.807) is 24.0 Å². The Labute approximate surface area is 176 Å². The monoisotopic (exact) mass is 405 g/mol. The fraction of sp³-hybridized carbons (Fsp3) is 0.435. The Morgan fingerprint density at radius 1 is 1.10 bits per heavy atom. The molecule has 1 aliphatic rings. The maximum absolute atomic E-state index is 11.4. The van der Waals surface area contributed by atoms with Crippen LogP contribution in [0.4, 0.5) is 0 Å². The zero-order valence-electron chi connectivity index (χ0n) is 17.3. The van der Waals surface area contributed by atoms with Crippen molar-refractivity contribution in [3.8, 4) is 0 Å². The predicted octanol–water partition coefficient (Wildman–Crippen LogP) is 3.49. The summed E-state index contributed by atoms with van der Waals surface area (Å²) in [6.45, 7) is 1.80. The topological polar surface area (TPSA) is 93.8 Å². The Balaban J connectivity index is 1.40. The van der Waals surface area contributed by atoms with Crippen molar-refractivity contribution in [3.05, 3.63) is 70.8 Å². The molecule has 0 aliphatic heterocycles. The summed E-state index contributed by atoms with van der Waals surface area (Å²) in [4.78, 5) is 24.6. The summed E-state index contributed by atoms with van der Waals surface area (Å²) in [5.74, 6) is -0.221. The first-order valence-electron chi connectivity index (χ1n) is 10.6. The number of aromatic nitrogens is 5. The average Bonchev–Trinajstić information content (AvgIpc) is 3.21. The summed E-state index contributed by atoms with van der Waals surface area (Å²) in [6.07, 6.45) is 12.6. The van der Waals surface area contributed by atoms with Crippen LogP contribution < -0.4 is 0 Å². The molecule has 30 heavy (non-hydrogen) atoms. The van der Waals surface area contributed by atoms with E-state index in [-0.39, 0.29) is 6.42 Å². The van der Waals surface area contributed by atoms with Crippen molar-refractivity contribution >= 4 is 5.97 Å². The molecule has 3 heterocycles. The van der Waals surface area contributed by atoms with E-state index in [0.29, 0.717) is 5.82 Å². The van der Waals surface area contributed by atoms with Crippen molar-refractivity contribution in [1.82, 2.24) is 24.7 Å². The third kappa shape index (κ3) is 4.90. The number of rotatable bonds is 8. The van der Waals surface area contributed by atoms with Gasteiger partial charge in [-0.25, -0.2) is 9.97 Å². The Morgan fingerprint density at radius 3 is 2.67 bits per heavy atom. The molecule has 4 rings (SSSR count). The van der Waals surface area contributed by atoms with Crippen LogP contribution in [0.1, 0.15) is 65.8 Å². The Kier molecular flexibility index (Phi) is 6.16. The molecule has 7 nitrogen and oxygen atoms in total. The van der Waals surface area contributed by atoms with Crippen LogP contribution in [-0.2, 0) is 30.5 Å². The van der Waals surface area contributed by atoms with E-state index >= 15 is 0 Å². The minimum Gasteiger partial charge on any atom is -0.481 e. The van der Waals surface area contributed by atoms with E-state index in [2.05, 4.69) is 27.2 Å². The van der Waals surface area contributed by atoms with Gasteiger partial charge in [-0.05, 0) is 69.6 Å². The van der Waals surface area contributed by atoms with Crippen molar-refractivity contribution in [3.63, 3.8) is 0 Å². The molecular weight excluding hydrogens is 378 g/mol. The minimum absolute atomic E-state index is 0.0629. The molecule has 0 bridgehead atoms. The number of fused-ring (bicyclic) bond motifs is 1. The third-order valence-electron chi connectivity index (χ3n) is 5.64. The molecule has 0 fully saturated rings. The number of aliphatic carboxylic acids is 1. The van der Waals surface area contributed by atoms with Crippen LogP contribution in [0.2, 0.25) is 0 Å². The van der Waals surface area contributed by atoms with Gasteiger partial charge in [0.1, 0.15) is 5.82 Å². The average molecular weight is 406 g/mol. The molecule has 3 aromatic rings. The zero-order chi connectivity index (χ0) is 20.9. The first-order valence-corrected chi connectivity index (χ1v) is 10.6. The smallest absolute Gasteiger partial charge is 0.305 e. The van der Waals surface area contributed by atoms with Gasteiger partial charge in [0.15, 0.2) is 0 Å². The SMILES string of the molecule is Cc1ncc([C@H](CC(=O)O)n2ccc(CCCc3ccc4c(n3)CCCC4)n2)cn1. The quantitative estimate of drug-likeness (QED) is 0.616. The van der Waals surface area contributed by atoms with Gasteiger partial charge in [-0.2, -0.15) is 5.10 Å². The molecule has 1 atom stereocenters. The van der Waals surface area contributed by atoms with Gasteiger partial charge in [-0.15, -0.1) is 0 Å². The lowest BCUT2D eigenvalue weighted by atomic mass is 9.95. The van der Waals surface area contributed by atoms with Crippen LogP contribution in [0.3, 0.4) is 0 Å². The van der Waals surface area contributed by atoms with E-state index in [4.69, 9.17) is 4.98 Å². The predicted molar refractivity (Wildman–Crippen MR) is 112 cm³/mol. The summed E-state index contributed by atoms with van der Waals surface area (Å²) < 4.78 is 1.72. The van der Waals surface area contributed by atoms with Crippen LogP contribution in [0.5, 0.6) is 0 Å². The van der Waals surface area contributed by atoms with Crippen molar-refractivity contribution < 1.29 is 9.90 Å². The molecule has 0 amide bonds. The number of nitrogens with zero attached hydrogens (tertiary/aromatic N) is 5. The number of carbonyl (C=O) groups is 1. The summed E-state index contributed by atoms with van der Waals surface area (Å²) in [7, 11) is 0. The summed E-state index contributed by atoms with van der Waals surface area (Å²) in [6, 6.07) is 5.94. The second kappa shape index (κ2) is 9.15. The molecule has 0 radical (unpaired) electrons. The van der Waals surface area contributed by atoms with Crippen LogP contribution in [0.25, 0.3) is 0 Å². The molecule has 1 aliphatic carbocycles. The van der Waals surface area contributed by atoms with Crippen LogP contribution >= 0.6 is 0 Å². The van der Waals surface area contributed by atoms with Crippen molar-refractivity contribution in [2.45, 2.75) is 64.3 Å². The highest BCUT2D eigenvalue weighted by Crippen LogP contribution is 2.22. The van der Waals surface area contributed by atoms with Crippen LogP contribution in [0, 0.1) is 6.92 Å². The number of carboxylic acid groups (broad SMARTS) is 1. The second-order valence-corrected chi connectivity index (χ2v) is 7.93. The van der Waals surface area contributed by atoms with Gasteiger partial charge in [-0.1, -0.05) is 6.07 Å². The van der Waals surface area contributed by atoms with Crippen molar-refractivity contribution in [2.24, 2.45) is 0 Å². The Bertz CT molecular complexity index is 1010. The van der Waals surface area contributed by atoms with Crippen molar-refractivity contribution in [1.29, 1.82) is 0 Å². The summed E-state index contributed by atoms with van der Waals surface area (Å²) in [5.41, 5.74) is 5.54. The van der Waals surface area contributed by atoms with E-state index in [0.717, 1.165) is 49.1 Å². The molecule has 0 spiro atoms. The summed E-state index contributed by atoms with van der Waals surface area (Å²) >= 11 is 0. The molecule has 0 saturated heterocycles. The molecule has 0 aromatic carbocycles. The normalized spacial score (nSPS) is 14.3. The highest BCUT2D eigenvalue weighted by Gasteiger charge is 2.19. The number of carboxylic acids is 1. The maximum Gasteiger partial charge on any atom is 0.305 e. The van der Waals surface area contributed by atoms with Crippen LogP contribution in [0.15, 0.2) is 36.8 Å². The molecule has 3 aromatic heterocycles.